The van der Waals surface area contributed by atoms with Crippen molar-refractivity contribution >= 4 is 28.5 Å². The van der Waals surface area contributed by atoms with Gasteiger partial charge in [0.05, 0.1) is 0 Å². The third kappa shape index (κ3) is 3.54. The number of fused-ring (bicyclic) bond motifs is 1. The molecule has 1 heterocycles. The SMILES string of the molecule is CCCn1c(C)c(-c2ccccc2Cl)c2cc(OC(C)(C)C(=O)O)ccc21. The predicted molar refractivity (Wildman–Crippen MR) is 110 cm³/mol. The molecule has 142 valence electrons. The molecule has 0 spiro atoms. The average molecular weight is 386 g/mol. The van der Waals surface area contributed by atoms with Gasteiger partial charge in [0, 0.05) is 39.3 Å². The highest BCUT2D eigenvalue weighted by molar-refractivity contribution is 6.33. The Morgan fingerprint density at radius 2 is 1.93 bits per heavy atom. The van der Waals surface area contributed by atoms with Gasteiger partial charge in [-0.2, -0.15) is 0 Å². The van der Waals surface area contributed by atoms with Crippen LogP contribution in [-0.4, -0.2) is 21.2 Å². The van der Waals surface area contributed by atoms with Gasteiger partial charge in [-0.15, -0.1) is 0 Å². The lowest BCUT2D eigenvalue weighted by molar-refractivity contribution is -0.152. The number of carboxylic acid groups (broad SMARTS) is 1. The molecular weight excluding hydrogens is 362 g/mol. The number of aromatic nitrogens is 1. The molecule has 0 bridgehead atoms. The van der Waals surface area contributed by atoms with E-state index in [9.17, 15) is 9.90 Å². The van der Waals surface area contributed by atoms with E-state index < -0.39 is 11.6 Å². The fraction of sp³-hybridized carbons (Fsp3) is 0.318. The first-order valence-electron chi connectivity index (χ1n) is 9.06. The van der Waals surface area contributed by atoms with Crippen LogP contribution < -0.4 is 4.74 Å². The molecule has 5 heteroatoms. The Balaban J connectivity index is 2.24. The molecule has 0 saturated carbocycles. The summed E-state index contributed by atoms with van der Waals surface area (Å²) in [4.78, 5) is 11.4. The van der Waals surface area contributed by atoms with E-state index >= 15 is 0 Å². The second kappa shape index (κ2) is 7.28. The lowest BCUT2D eigenvalue weighted by Crippen LogP contribution is -2.37. The molecule has 0 saturated heterocycles. The summed E-state index contributed by atoms with van der Waals surface area (Å²) < 4.78 is 8.04. The van der Waals surface area contributed by atoms with Gasteiger partial charge in [0.25, 0.3) is 0 Å². The van der Waals surface area contributed by atoms with E-state index in [-0.39, 0.29) is 0 Å². The number of hydrogen-bond donors (Lipinski definition) is 1. The summed E-state index contributed by atoms with van der Waals surface area (Å²) in [5, 5.41) is 11.1. The van der Waals surface area contributed by atoms with Crippen LogP contribution in [0.15, 0.2) is 42.5 Å². The molecule has 4 nitrogen and oxygen atoms in total. The first-order valence-corrected chi connectivity index (χ1v) is 9.44. The fourth-order valence-electron chi connectivity index (χ4n) is 3.38. The highest BCUT2D eigenvalue weighted by Gasteiger charge is 2.29. The Kier molecular flexibility index (Phi) is 5.20. The summed E-state index contributed by atoms with van der Waals surface area (Å²) in [6, 6.07) is 13.5. The number of hydrogen-bond acceptors (Lipinski definition) is 2. The molecule has 3 rings (SSSR count). The van der Waals surface area contributed by atoms with Crippen molar-refractivity contribution in [2.45, 2.75) is 46.3 Å². The van der Waals surface area contributed by atoms with Gasteiger partial charge in [-0.05, 0) is 51.5 Å². The average Bonchev–Trinajstić information content (AvgIpc) is 2.87. The van der Waals surface area contributed by atoms with Crippen LogP contribution in [0, 0.1) is 6.92 Å². The number of rotatable bonds is 6. The summed E-state index contributed by atoms with van der Waals surface area (Å²) in [5.41, 5.74) is 2.94. The molecule has 1 N–H and O–H groups in total. The third-order valence-electron chi connectivity index (χ3n) is 4.77. The van der Waals surface area contributed by atoms with Crippen LogP contribution in [0.2, 0.25) is 5.02 Å². The second-order valence-corrected chi connectivity index (χ2v) is 7.60. The van der Waals surface area contributed by atoms with Crippen molar-refractivity contribution in [2.24, 2.45) is 0 Å². The second-order valence-electron chi connectivity index (χ2n) is 7.19. The van der Waals surface area contributed by atoms with E-state index in [0.29, 0.717) is 10.8 Å². The van der Waals surface area contributed by atoms with Crippen LogP contribution in [0.5, 0.6) is 5.75 Å². The van der Waals surface area contributed by atoms with E-state index in [2.05, 4.69) is 18.4 Å². The molecule has 0 aliphatic carbocycles. The predicted octanol–water partition coefficient (Wildman–Crippen LogP) is 5.92. The summed E-state index contributed by atoms with van der Waals surface area (Å²) in [6.45, 7) is 8.22. The molecular formula is C22H24ClNO3. The number of nitrogens with zero attached hydrogens (tertiary/aromatic N) is 1. The monoisotopic (exact) mass is 385 g/mol. The third-order valence-corrected chi connectivity index (χ3v) is 5.10. The highest BCUT2D eigenvalue weighted by Crippen LogP contribution is 2.40. The molecule has 2 aromatic carbocycles. The van der Waals surface area contributed by atoms with Gasteiger partial charge >= 0.3 is 5.97 Å². The first kappa shape index (κ1) is 19.3. The van der Waals surface area contributed by atoms with E-state index in [1.54, 1.807) is 13.8 Å². The summed E-state index contributed by atoms with van der Waals surface area (Å²) in [5.74, 6) is -0.481. The van der Waals surface area contributed by atoms with Crippen molar-refractivity contribution in [1.82, 2.24) is 4.57 Å². The molecule has 0 aliphatic heterocycles. The van der Waals surface area contributed by atoms with Crippen molar-refractivity contribution in [2.75, 3.05) is 0 Å². The quantitative estimate of drug-likeness (QED) is 0.572. The largest absolute Gasteiger partial charge is 0.478 e. The minimum absolute atomic E-state index is 0.525. The van der Waals surface area contributed by atoms with Crippen molar-refractivity contribution in [3.63, 3.8) is 0 Å². The van der Waals surface area contributed by atoms with Crippen LogP contribution in [0.25, 0.3) is 22.0 Å². The number of ether oxygens (including phenoxy) is 1. The van der Waals surface area contributed by atoms with Gasteiger partial charge < -0.3 is 14.4 Å². The molecule has 0 amide bonds. The molecule has 0 aliphatic rings. The topological polar surface area (TPSA) is 51.5 Å². The van der Waals surface area contributed by atoms with Crippen molar-refractivity contribution in [3.8, 4) is 16.9 Å². The van der Waals surface area contributed by atoms with Gasteiger partial charge in [0.15, 0.2) is 5.60 Å². The first-order chi connectivity index (χ1) is 12.8. The Hall–Kier alpha value is -2.46. The zero-order valence-corrected chi connectivity index (χ0v) is 16.8. The molecule has 27 heavy (non-hydrogen) atoms. The summed E-state index contributed by atoms with van der Waals surface area (Å²) >= 11 is 6.49. The minimum Gasteiger partial charge on any atom is -0.478 e. The smallest absolute Gasteiger partial charge is 0.347 e. The van der Waals surface area contributed by atoms with Gasteiger partial charge in [-0.25, -0.2) is 4.79 Å². The Bertz CT molecular complexity index is 1000. The number of carboxylic acids is 1. The number of halogens is 1. The Morgan fingerprint density at radius 3 is 2.56 bits per heavy atom. The normalized spacial score (nSPS) is 11.7. The van der Waals surface area contributed by atoms with Crippen molar-refractivity contribution in [3.05, 3.63) is 53.2 Å². The van der Waals surface area contributed by atoms with Crippen LogP contribution in [0.4, 0.5) is 0 Å². The fourth-order valence-corrected chi connectivity index (χ4v) is 3.61. The number of aliphatic carboxylic acids is 1. The van der Waals surface area contributed by atoms with Crippen LogP contribution in [0.3, 0.4) is 0 Å². The molecule has 0 radical (unpaired) electrons. The highest BCUT2D eigenvalue weighted by atomic mass is 35.5. The maximum atomic E-state index is 11.4. The van der Waals surface area contributed by atoms with Gasteiger partial charge in [-0.1, -0.05) is 36.7 Å². The van der Waals surface area contributed by atoms with Crippen LogP contribution in [-0.2, 0) is 11.3 Å². The van der Waals surface area contributed by atoms with Crippen LogP contribution in [0.1, 0.15) is 32.9 Å². The van der Waals surface area contributed by atoms with Gasteiger partial charge in [-0.3, -0.25) is 0 Å². The molecule has 0 unspecified atom stereocenters. The number of carbonyl (C=O) groups is 1. The molecule has 0 atom stereocenters. The molecule has 3 aromatic rings. The van der Waals surface area contributed by atoms with Crippen molar-refractivity contribution < 1.29 is 14.6 Å². The van der Waals surface area contributed by atoms with Gasteiger partial charge in [0.2, 0.25) is 0 Å². The van der Waals surface area contributed by atoms with E-state index in [1.165, 1.54) is 0 Å². The number of aryl methyl sites for hydroxylation is 1. The van der Waals surface area contributed by atoms with Gasteiger partial charge in [0.1, 0.15) is 5.75 Å². The molecule has 1 aromatic heterocycles. The summed E-state index contributed by atoms with van der Waals surface area (Å²) in [7, 11) is 0. The summed E-state index contributed by atoms with van der Waals surface area (Å²) in [6.07, 6.45) is 1.01. The van der Waals surface area contributed by atoms with Crippen molar-refractivity contribution in [1.29, 1.82) is 0 Å². The molecule has 0 fully saturated rings. The Morgan fingerprint density at radius 1 is 1.22 bits per heavy atom. The maximum absolute atomic E-state index is 11.4. The van der Waals surface area contributed by atoms with E-state index in [0.717, 1.165) is 40.7 Å². The standard InChI is InChI=1S/C22H24ClNO3/c1-5-12-24-14(2)20(16-8-6-7-9-18(16)23)17-13-15(10-11-19(17)24)27-22(3,4)21(25)26/h6-11,13H,5,12H2,1-4H3,(H,25,26). The van der Waals surface area contributed by atoms with Crippen LogP contribution >= 0.6 is 11.6 Å². The zero-order chi connectivity index (χ0) is 19.8. The maximum Gasteiger partial charge on any atom is 0.347 e. The van der Waals surface area contributed by atoms with E-state index in [1.807, 2.05) is 42.5 Å². The zero-order valence-electron chi connectivity index (χ0n) is 16.0. The van der Waals surface area contributed by atoms with E-state index in [4.69, 9.17) is 16.3 Å². The lowest BCUT2D eigenvalue weighted by Gasteiger charge is -2.21. The number of benzene rings is 2. The Labute approximate surface area is 164 Å². The lowest BCUT2D eigenvalue weighted by atomic mass is 10.0. The minimum atomic E-state index is -1.31.